The molecule has 0 aromatic heterocycles. The highest BCUT2D eigenvalue weighted by molar-refractivity contribution is 7.54. The Bertz CT molecular complexity index is 325. The van der Waals surface area contributed by atoms with Crippen LogP contribution < -0.4 is 4.52 Å². The van der Waals surface area contributed by atoms with Crippen LogP contribution in [0.2, 0.25) is 10.0 Å². The fraction of sp³-hybridized carbons (Fsp3) is 0.500. The third kappa shape index (κ3) is 4.13. The van der Waals surface area contributed by atoms with Gasteiger partial charge >= 0.3 is 0 Å². The largest absolute Gasteiger partial charge is 0.473 e. The molecule has 0 bridgehead atoms. The van der Waals surface area contributed by atoms with Crippen molar-refractivity contribution in [2.45, 2.75) is 39.0 Å². The average Bonchev–Trinajstić information content (AvgIpc) is 2.11. The smallest absolute Gasteiger partial charge is 0.126 e. The van der Waals surface area contributed by atoms with E-state index in [-0.39, 0.29) is 0 Å². The van der Waals surface area contributed by atoms with Gasteiger partial charge in [-0.1, -0.05) is 50.9 Å². The Labute approximate surface area is 109 Å². The van der Waals surface area contributed by atoms with E-state index in [9.17, 15) is 0 Å². The molecule has 0 radical (unpaired) electrons. The lowest BCUT2D eigenvalue weighted by molar-refractivity contribution is 0.593. The summed E-state index contributed by atoms with van der Waals surface area (Å²) in [6, 6.07) is 5.34. The van der Waals surface area contributed by atoms with Gasteiger partial charge in [0, 0.05) is 21.4 Å². The Morgan fingerprint density at radius 2 is 1.38 bits per heavy atom. The third-order valence-corrected chi connectivity index (χ3v) is 4.96. The average molecular weight is 279 g/mol. The molecule has 90 valence electrons. The van der Waals surface area contributed by atoms with E-state index in [4.69, 9.17) is 27.7 Å². The highest BCUT2D eigenvalue weighted by Crippen LogP contribution is 2.47. The maximum Gasteiger partial charge on any atom is 0.126 e. The van der Waals surface area contributed by atoms with Crippen LogP contribution >= 0.6 is 31.4 Å². The standard InChI is InChI=1S/C12H17Cl2OP/c1-8(2)16(9(3)4)15-12-6-10(13)5-11(14)7-12/h5-9H,1-4H3. The van der Waals surface area contributed by atoms with Gasteiger partial charge in [-0.3, -0.25) is 0 Å². The van der Waals surface area contributed by atoms with Crippen molar-refractivity contribution in [3.63, 3.8) is 0 Å². The lowest BCUT2D eigenvalue weighted by atomic mass is 10.3. The van der Waals surface area contributed by atoms with Crippen LogP contribution in [-0.4, -0.2) is 11.3 Å². The zero-order valence-electron chi connectivity index (χ0n) is 10.00. The van der Waals surface area contributed by atoms with Crippen molar-refractivity contribution in [1.29, 1.82) is 0 Å². The van der Waals surface area contributed by atoms with Gasteiger partial charge in [0.1, 0.15) is 5.75 Å². The van der Waals surface area contributed by atoms with Gasteiger partial charge in [-0.05, 0) is 18.2 Å². The lowest BCUT2D eigenvalue weighted by Crippen LogP contribution is -2.08. The topological polar surface area (TPSA) is 9.23 Å². The van der Waals surface area contributed by atoms with Crippen LogP contribution in [0.3, 0.4) is 0 Å². The van der Waals surface area contributed by atoms with E-state index in [2.05, 4.69) is 27.7 Å². The van der Waals surface area contributed by atoms with Crippen LogP contribution in [-0.2, 0) is 0 Å². The first-order valence-corrected chi connectivity index (χ1v) is 7.48. The van der Waals surface area contributed by atoms with Crippen LogP contribution in [0.4, 0.5) is 0 Å². The van der Waals surface area contributed by atoms with E-state index in [1.807, 2.05) is 12.1 Å². The molecular weight excluding hydrogens is 262 g/mol. The summed E-state index contributed by atoms with van der Waals surface area (Å²) in [5.41, 5.74) is 1.04. The molecule has 0 amide bonds. The monoisotopic (exact) mass is 278 g/mol. The fourth-order valence-electron chi connectivity index (χ4n) is 1.51. The Hall–Kier alpha value is 0.0300. The van der Waals surface area contributed by atoms with Gasteiger partial charge in [-0.15, -0.1) is 0 Å². The highest BCUT2D eigenvalue weighted by Gasteiger charge is 2.20. The van der Waals surface area contributed by atoms with E-state index in [1.54, 1.807) is 6.07 Å². The van der Waals surface area contributed by atoms with Crippen molar-refractivity contribution >= 4 is 31.4 Å². The lowest BCUT2D eigenvalue weighted by Gasteiger charge is -2.25. The molecule has 0 saturated heterocycles. The molecule has 0 atom stereocenters. The Morgan fingerprint density at radius 1 is 0.938 bits per heavy atom. The maximum absolute atomic E-state index is 5.99. The molecule has 1 aromatic rings. The quantitative estimate of drug-likeness (QED) is 0.653. The zero-order valence-corrected chi connectivity index (χ0v) is 12.4. The SMILES string of the molecule is CC(C)P(Oc1cc(Cl)cc(Cl)c1)C(C)C. The van der Waals surface area contributed by atoms with Crippen molar-refractivity contribution in [1.82, 2.24) is 0 Å². The summed E-state index contributed by atoms with van der Waals surface area (Å²) in [5.74, 6) is 0.769. The number of benzene rings is 1. The molecule has 0 fully saturated rings. The minimum atomic E-state index is -0.497. The third-order valence-electron chi connectivity index (χ3n) is 2.06. The van der Waals surface area contributed by atoms with E-state index in [1.165, 1.54) is 0 Å². The molecule has 1 nitrogen and oxygen atoms in total. The summed E-state index contributed by atoms with van der Waals surface area (Å²) in [7, 11) is -0.497. The predicted octanol–water partition coefficient (Wildman–Crippen LogP) is 5.59. The summed E-state index contributed by atoms with van der Waals surface area (Å²) < 4.78 is 5.99. The van der Waals surface area contributed by atoms with Crippen LogP contribution in [0, 0.1) is 0 Å². The van der Waals surface area contributed by atoms with Gasteiger partial charge in [0.2, 0.25) is 0 Å². The molecule has 0 spiro atoms. The normalized spacial score (nSPS) is 11.6. The second-order valence-electron chi connectivity index (χ2n) is 4.24. The molecule has 0 heterocycles. The molecule has 0 N–H and O–H groups in total. The summed E-state index contributed by atoms with van der Waals surface area (Å²) in [4.78, 5) is 0. The second kappa shape index (κ2) is 6.10. The number of hydrogen-bond acceptors (Lipinski definition) is 1. The summed E-state index contributed by atoms with van der Waals surface area (Å²) >= 11 is 11.9. The molecule has 1 aromatic carbocycles. The van der Waals surface area contributed by atoms with Crippen LogP contribution in [0.5, 0.6) is 5.75 Å². The number of rotatable bonds is 4. The van der Waals surface area contributed by atoms with Crippen molar-refractivity contribution in [3.8, 4) is 5.75 Å². The molecule has 1 rings (SSSR count). The molecule has 0 aliphatic heterocycles. The molecule has 0 saturated carbocycles. The van der Waals surface area contributed by atoms with Crippen LogP contribution in [0.1, 0.15) is 27.7 Å². The van der Waals surface area contributed by atoms with Crippen LogP contribution in [0.15, 0.2) is 18.2 Å². The fourth-order valence-corrected chi connectivity index (χ4v) is 3.98. The van der Waals surface area contributed by atoms with Gasteiger partial charge in [0.15, 0.2) is 0 Å². The molecule has 0 aliphatic carbocycles. The van der Waals surface area contributed by atoms with Crippen molar-refractivity contribution < 1.29 is 4.52 Å². The first kappa shape index (κ1) is 14.1. The first-order chi connectivity index (χ1) is 7.40. The molecule has 0 unspecified atom stereocenters. The van der Waals surface area contributed by atoms with E-state index < -0.39 is 8.15 Å². The minimum Gasteiger partial charge on any atom is -0.473 e. The zero-order chi connectivity index (χ0) is 12.3. The maximum atomic E-state index is 5.99. The van der Waals surface area contributed by atoms with E-state index in [0.717, 1.165) is 5.75 Å². The van der Waals surface area contributed by atoms with E-state index in [0.29, 0.717) is 21.4 Å². The van der Waals surface area contributed by atoms with Gasteiger partial charge in [0.05, 0.1) is 8.15 Å². The van der Waals surface area contributed by atoms with Crippen molar-refractivity contribution in [2.24, 2.45) is 0 Å². The Kier molecular flexibility index (Phi) is 5.37. The summed E-state index contributed by atoms with van der Waals surface area (Å²) in [6.07, 6.45) is 0. The summed E-state index contributed by atoms with van der Waals surface area (Å²) in [6.45, 7) is 8.71. The van der Waals surface area contributed by atoms with Gasteiger partial charge in [-0.2, -0.15) is 0 Å². The Morgan fingerprint density at radius 3 is 1.75 bits per heavy atom. The van der Waals surface area contributed by atoms with Gasteiger partial charge in [0.25, 0.3) is 0 Å². The number of halogens is 2. The first-order valence-electron chi connectivity index (χ1n) is 5.32. The molecular formula is C12H17Cl2OP. The molecule has 16 heavy (non-hydrogen) atoms. The predicted molar refractivity (Wildman–Crippen MR) is 74.3 cm³/mol. The summed E-state index contributed by atoms with van der Waals surface area (Å²) in [5, 5.41) is 1.23. The van der Waals surface area contributed by atoms with Crippen LogP contribution in [0.25, 0.3) is 0 Å². The van der Waals surface area contributed by atoms with Crippen molar-refractivity contribution in [2.75, 3.05) is 0 Å². The molecule has 0 aliphatic rings. The minimum absolute atomic E-state index is 0.497. The Balaban J connectivity index is 2.85. The van der Waals surface area contributed by atoms with E-state index >= 15 is 0 Å². The number of hydrogen-bond donors (Lipinski definition) is 0. The van der Waals surface area contributed by atoms with Gasteiger partial charge < -0.3 is 4.52 Å². The second-order valence-corrected chi connectivity index (χ2v) is 8.08. The van der Waals surface area contributed by atoms with Crippen molar-refractivity contribution in [3.05, 3.63) is 28.2 Å². The van der Waals surface area contributed by atoms with Gasteiger partial charge in [-0.25, -0.2) is 0 Å². The molecule has 4 heteroatoms. The highest BCUT2D eigenvalue weighted by atomic mass is 35.5.